The van der Waals surface area contributed by atoms with Crippen LogP contribution in [0.25, 0.3) is 0 Å². The van der Waals surface area contributed by atoms with Crippen LogP contribution in [0.2, 0.25) is 0 Å². The lowest BCUT2D eigenvalue weighted by Crippen LogP contribution is -2.38. The van der Waals surface area contributed by atoms with Crippen LogP contribution in [0.4, 0.5) is 0 Å². The molecular formula is C26H27NO7S. The monoisotopic (exact) mass is 497 g/mol. The minimum absolute atomic E-state index is 0.00941. The second kappa shape index (κ2) is 11.2. The quantitative estimate of drug-likeness (QED) is 0.401. The first-order valence-corrected chi connectivity index (χ1v) is 12.2. The number of nitrogens with zero attached hydrogens (tertiary/aromatic N) is 1. The number of hydrogen-bond donors (Lipinski definition) is 0. The molecule has 3 aromatic rings. The molecule has 0 heterocycles. The number of carbonyl (C=O) groups is 2. The van der Waals surface area contributed by atoms with Gasteiger partial charge in [-0.1, -0.05) is 35.9 Å². The molecule has 0 aromatic heterocycles. The highest BCUT2D eigenvalue weighted by Crippen LogP contribution is 2.33. The van der Waals surface area contributed by atoms with Gasteiger partial charge in [-0.3, -0.25) is 4.79 Å². The molecule has 0 N–H and O–H groups in total. The van der Waals surface area contributed by atoms with E-state index in [1.165, 1.54) is 32.4 Å². The summed E-state index contributed by atoms with van der Waals surface area (Å²) in [6, 6.07) is 19.0. The highest BCUT2D eigenvalue weighted by Gasteiger charge is 2.34. The molecule has 0 saturated heterocycles. The van der Waals surface area contributed by atoms with Gasteiger partial charge in [-0.25, -0.2) is 13.2 Å². The number of ether oxygens (including phenoxy) is 3. The molecule has 184 valence electrons. The summed E-state index contributed by atoms with van der Waals surface area (Å²) in [6.07, 6.45) is 0. The van der Waals surface area contributed by atoms with Crippen molar-refractivity contribution in [2.24, 2.45) is 0 Å². The molecule has 0 fully saturated rings. The molecule has 3 aromatic carbocycles. The highest BCUT2D eigenvalue weighted by atomic mass is 32.2. The van der Waals surface area contributed by atoms with Crippen LogP contribution < -0.4 is 4.74 Å². The van der Waals surface area contributed by atoms with Crippen LogP contribution in [0.15, 0.2) is 77.7 Å². The Labute approximate surface area is 205 Å². The van der Waals surface area contributed by atoms with Gasteiger partial charge in [0.1, 0.15) is 18.0 Å². The first kappa shape index (κ1) is 25.9. The molecule has 8 nitrogen and oxygen atoms in total. The fraction of sp³-hybridized carbons (Fsp3) is 0.231. The highest BCUT2D eigenvalue weighted by molar-refractivity contribution is 7.89. The first-order chi connectivity index (χ1) is 16.7. The Balaban J connectivity index is 2.11. The van der Waals surface area contributed by atoms with E-state index in [4.69, 9.17) is 14.2 Å². The Kier molecular flexibility index (Phi) is 8.26. The molecule has 35 heavy (non-hydrogen) atoms. The Bertz CT molecular complexity index is 1290. The minimum Gasteiger partial charge on any atom is -0.468 e. The van der Waals surface area contributed by atoms with E-state index in [0.29, 0.717) is 17.1 Å². The Morgan fingerprint density at radius 3 is 2.14 bits per heavy atom. The van der Waals surface area contributed by atoms with E-state index in [1.807, 2.05) is 25.1 Å². The van der Waals surface area contributed by atoms with E-state index in [1.54, 1.807) is 43.3 Å². The molecule has 9 heteroatoms. The van der Waals surface area contributed by atoms with Gasteiger partial charge in [0, 0.05) is 6.04 Å². The molecule has 0 radical (unpaired) electrons. The SMILES string of the molecule is COC(=O)CN(C(C)c1cc(Oc2ccccc2)ccc1C(=O)OC)S(=O)(=O)c1ccc(C)cc1. The predicted molar refractivity (Wildman–Crippen MR) is 130 cm³/mol. The smallest absolute Gasteiger partial charge is 0.338 e. The van der Waals surface area contributed by atoms with E-state index < -0.39 is 34.5 Å². The van der Waals surface area contributed by atoms with E-state index >= 15 is 0 Å². The van der Waals surface area contributed by atoms with Gasteiger partial charge in [-0.2, -0.15) is 4.31 Å². The number of sulfonamides is 1. The van der Waals surface area contributed by atoms with Crippen LogP contribution in [0.3, 0.4) is 0 Å². The summed E-state index contributed by atoms with van der Waals surface area (Å²) >= 11 is 0. The van der Waals surface area contributed by atoms with Crippen molar-refractivity contribution in [3.63, 3.8) is 0 Å². The zero-order chi connectivity index (χ0) is 25.6. The topological polar surface area (TPSA) is 99.2 Å². The van der Waals surface area contributed by atoms with E-state index in [2.05, 4.69) is 0 Å². The fourth-order valence-corrected chi connectivity index (χ4v) is 5.05. The molecule has 0 bridgehead atoms. The van der Waals surface area contributed by atoms with E-state index in [0.717, 1.165) is 9.87 Å². The third-order valence-electron chi connectivity index (χ3n) is 5.43. The van der Waals surface area contributed by atoms with Gasteiger partial charge >= 0.3 is 11.9 Å². The second-order valence-electron chi connectivity index (χ2n) is 7.77. The Morgan fingerprint density at radius 1 is 0.886 bits per heavy atom. The molecule has 0 aliphatic carbocycles. The molecule has 0 aliphatic heterocycles. The second-order valence-corrected chi connectivity index (χ2v) is 9.66. The van der Waals surface area contributed by atoms with Crippen molar-refractivity contribution in [3.05, 3.63) is 89.5 Å². The van der Waals surface area contributed by atoms with Crippen molar-refractivity contribution in [1.82, 2.24) is 4.31 Å². The average molecular weight is 498 g/mol. The van der Waals surface area contributed by atoms with Gasteiger partial charge in [-0.15, -0.1) is 0 Å². The summed E-state index contributed by atoms with van der Waals surface area (Å²) in [7, 11) is -1.74. The van der Waals surface area contributed by atoms with Crippen molar-refractivity contribution in [2.75, 3.05) is 20.8 Å². The molecule has 1 unspecified atom stereocenters. The van der Waals surface area contributed by atoms with E-state index in [-0.39, 0.29) is 10.5 Å². The van der Waals surface area contributed by atoms with Gasteiger partial charge in [0.05, 0.1) is 24.7 Å². The summed E-state index contributed by atoms with van der Waals surface area (Å²) in [6.45, 7) is 2.87. The fourth-order valence-electron chi connectivity index (χ4n) is 3.49. The first-order valence-electron chi connectivity index (χ1n) is 10.8. The van der Waals surface area contributed by atoms with Crippen LogP contribution in [0.5, 0.6) is 11.5 Å². The molecule has 0 amide bonds. The number of carbonyl (C=O) groups excluding carboxylic acids is 2. The third kappa shape index (κ3) is 6.06. The zero-order valence-electron chi connectivity index (χ0n) is 19.9. The Morgan fingerprint density at radius 2 is 1.54 bits per heavy atom. The van der Waals surface area contributed by atoms with Crippen LogP contribution in [0, 0.1) is 6.92 Å². The normalized spacial score (nSPS) is 12.1. The number of esters is 2. The zero-order valence-corrected chi connectivity index (χ0v) is 20.7. The van der Waals surface area contributed by atoms with Crippen molar-refractivity contribution in [1.29, 1.82) is 0 Å². The van der Waals surface area contributed by atoms with Crippen molar-refractivity contribution in [2.45, 2.75) is 24.8 Å². The van der Waals surface area contributed by atoms with Crippen molar-refractivity contribution >= 4 is 22.0 Å². The summed E-state index contributed by atoms with van der Waals surface area (Å²) in [4.78, 5) is 24.8. The van der Waals surface area contributed by atoms with Gasteiger partial charge in [-0.05, 0) is 61.9 Å². The minimum atomic E-state index is -4.15. The average Bonchev–Trinajstić information content (AvgIpc) is 2.87. The van der Waals surface area contributed by atoms with Gasteiger partial charge < -0.3 is 14.2 Å². The van der Waals surface area contributed by atoms with Crippen molar-refractivity contribution < 1.29 is 32.2 Å². The standard InChI is InChI=1S/C26H27NO7S/c1-18-10-13-22(14-11-18)35(30,31)27(17-25(28)32-3)19(2)24-16-21(12-15-23(24)26(29)33-4)34-20-8-6-5-7-9-20/h5-16,19H,17H2,1-4H3. The van der Waals surface area contributed by atoms with Crippen LogP contribution in [0.1, 0.15) is 34.5 Å². The third-order valence-corrected chi connectivity index (χ3v) is 7.36. The van der Waals surface area contributed by atoms with Gasteiger partial charge in [0.2, 0.25) is 10.0 Å². The number of methoxy groups -OCH3 is 2. The van der Waals surface area contributed by atoms with Crippen LogP contribution in [-0.2, 0) is 24.3 Å². The number of para-hydroxylation sites is 1. The summed E-state index contributed by atoms with van der Waals surface area (Å²) in [5, 5.41) is 0. The largest absolute Gasteiger partial charge is 0.468 e. The summed E-state index contributed by atoms with van der Waals surface area (Å²) in [5.74, 6) is -0.445. The molecule has 0 aliphatic rings. The van der Waals surface area contributed by atoms with E-state index in [9.17, 15) is 18.0 Å². The predicted octanol–water partition coefficient (Wildman–Crippen LogP) is 4.50. The lowest BCUT2D eigenvalue weighted by atomic mass is 10.0. The number of aryl methyl sites for hydroxylation is 1. The van der Waals surface area contributed by atoms with Crippen LogP contribution in [-0.4, -0.2) is 45.4 Å². The number of benzene rings is 3. The van der Waals surface area contributed by atoms with Gasteiger partial charge in [0.25, 0.3) is 0 Å². The molecule has 1 atom stereocenters. The maximum absolute atomic E-state index is 13.6. The number of hydrogen-bond acceptors (Lipinski definition) is 7. The molecule has 3 rings (SSSR count). The van der Waals surface area contributed by atoms with Crippen LogP contribution >= 0.6 is 0 Å². The molecule has 0 saturated carbocycles. The lowest BCUT2D eigenvalue weighted by molar-refractivity contribution is -0.141. The Hall–Kier alpha value is -3.69. The summed E-state index contributed by atoms with van der Waals surface area (Å²) in [5.41, 5.74) is 1.34. The van der Waals surface area contributed by atoms with Crippen molar-refractivity contribution in [3.8, 4) is 11.5 Å². The number of rotatable bonds is 9. The summed E-state index contributed by atoms with van der Waals surface area (Å²) < 4.78 is 43.8. The van der Waals surface area contributed by atoms with Gasteiger partial charge in [0.15, 0.2) is 0 Å². The maximum atomic E-state index is 13.6. The molecule has 0 spiro atoms. The maximum Gasteiger partial charge on any atom is 0.338 e. The lowest BCUT2D eigenvalue weighted by Gasteiger charge is -2.29. The molecular weight excluding hydrogens is 470 g/mol.